The topological polar surface area (TPSA) is 21.7 Å². The Morgan fingerprint density at radius 2 is 2.05 bits per heavy atom. The van der Waals surface area contributed by atoms with E-state index >= 15 is 0 Å². The molecule has 0 unspecified atom stereocenters. The number of likely N-dealkylation sites (tertiary alicyclic amines) is 1. The molecule has 0 bridgehead atoms. The lowest BCUT2D eigenvalue weighted by Crippen LogP contribution is -2.29. The number of ether oxygens (including phenoxy) is 2. The normalized spacial score (nSPS) is 26.0. The number of benzene rings is 1. The fourth-order valence-electron chi connectivity index (χ4n) is 2.94. The quantitative estimate of drug-likeness (QED) is 0.848. The highest BCUT2D eigenvalue weighted by Gasteiger charge is 2.28. The summed E-state index contributed by atoms with van der Waals surface area (Å²) in [4.78, 5) is 2.21. The second-order valence-corrected chi connectivity index (χ2v) is 5.74. The maximum absolute atomic E-state index is 13.0. The zero-order valence-electron chi connectivity index (χ0n) is 12.3. The summed E-state index contributed by atoms with van der Waals surface area (Å²) in [6.07, 6.45) is 4.46. The summed E-state index contributed by atoms with van der Waals surface area (Å²) in [5.74, 6) is -0.219. The molecule has 2 heterocycles. The van der Waals surface area contributed by atoms with Crippen molar-refractivity contribution in [1.82, 2.24) is 4.90 Å². The van der Waals surface area contributed by atoms with Gasteiger partial charge in [0.1, 0.15) is 5.82 Å². The average molecular weight is 291 g/mol. The zero-order chi connectivity index (χ0) is 14.7. The van der Waals surface area contributed by atoms with Gasteiger partial charge in [-0.05, 0) is 43.4 Å². The van der Waals surface area contributed by atoms with Gasteiger partial charge in [-0.25, -0.2) is 4.39 Å². The Balaban J connectivity index is 1.53. The van der Waals surface area contributed by atoms with Gasteiger partial charge in [-0.1, -0.05) is 18.7 Å². The van der Waals surface area contributed by atoms with E-state index in [1.807, 2.05) is 0 Å². The number of nitrogens with zero attached hydrogens (tertiary/aromatic N) is 1. The Labute approximate surface area is 125 Å². The first-order valence-corrected chi connectivity index (χ1v) is 7.69. The number of hydrogen-bond donors (Lipinski definition) is 0. The van der Waals surface area contributed by atoms with E-state index in [0.717, 1.165) is 50.2 Å². The predicted molar refractivity (Wildman–Crippen MR) is 80.1 cm³/mol. The molecule has 0 aromatic heterocycles. The third-order valence-electron chi connectivity index (χ3n) is 4.19. The van der Waals surface area contributed by atoms with Crippen LogP contribution in [0.5, 0.6) is 0 Å². The van der Waals surface area contributed by atoms with Gasteiger partial charge in [-0.15, -0.1) is 0 Å². The van der Waals surface area contributed by atoms with E-state index in [4.69, 9.17) is 9.47 Å². The highest BCUT2D eigenvalue weighted by atomic mass is 19.1. The van der Waals surface area contributed by atoms with Crippen LogP contribution in [0, 0.1) is 5.82 Å². The van der Waals surface area contributed by atoms with Crippen LogP contribution in [0.2, 0.25) is 0 Å². The Kier molecular flexibility index (Phi) is 4.56. The van der Waals surface area contributed by atoms with E-state index < -0.39 is 0 Å². The molecule has 0 spiro atoms. The predicted octanol–water partition coefficient (Wildman–Crippen LogP) is 3.41. The average Bonchev–Trinajstić information content (AvgIpc) is 2.97. The molecule has 0 aliphatic carbocycles. The van der Waals surface area contributed by atoms with Crippen molar-refractivity contribution in [2.75, 3.05) is 19.7 Å². The van der Waals surface area contributed by atoms with Gasteiger partial charge in [-0.2, -0.15) is 0 Å². The molecule has 1 aromatic rings. The molecule has 0 saturated carbocycles. The van der Waals surface area contributed by atoms with E-state index in [1.165, 1.54) is 18.6 Å². The molecular formula is C17H22FNO2. The first-order valence-electron chi connectivity index (χ1n) is 7.69. The zero-order valence-corrected chi connectivity index (χ0v) is 12.3. The number of halogens is 1. The van der Waals surface area contributed by atoms with E-state index in [2.05, 4.69) is 11.5 Å². The molecule has 2 fully saturated rings. The maximum Gasteiger partial charge on any atom is 0.158 e. The summed E-state index contributed by atoms with van der Waals surface area (Å²) < 4.78 is 24.6. The van der Waals surface area contributed by atoms with Crippen LogP contribution in [0.3, 0.4) is 0 Å². The largest absolute Gasteiger partial charge is 0.369 e. The van der Waals surface area contributed by atoms with Crippen molar-refractivity contribution < 1.29 is 13.9 Å². The lowest BCUT2D eigenvalue weighted by atomic mass is 10.1. The van der Waals surface area contributed by atoms with Gasteiger partial charge in [0.2, 0.25) is 0 Å². The van der Waals surface area contributed by atoms with Gasteiger partial charge in [0.25, 0.3) is 0 Å². The highest BCUT2D eigenvalue weighted by Crippen LogP contribution is 2.26. The molecule has 0 amide bonds. The molecule has 2 saturated heterocycles. The third-order valence-corrected chi connectivity index (χ3v) is 4.19. The lowest BCUT2D eigenvalue weighted by molar-refractivity contribution is -0.184. The molecule has 3 rings (SSSR count). The van der Waals surface area contributed by atoms with E-state index in [1.54, 1.807) is 12.1 Å². The van der Waals surface area contributed by atoms with Crippen molar-refractivity contribution in [2.24, 2.45) is 0 Å². The first kappa shape index (κ1) is 14.5. The van der Waals surface area contributed by atoms with Crippen LogP contribution < -0.4 is 0 Å². The van der Waals surface area contributed by atoms with Crippen molar-refractivity contribution in [2.45, 2.75) is 38.1 Å². The summed E-state index contributed by atoms with van der Waals surface area (Å²) in [6.45, 7) is 6.70. The molecular weight excluding hydrogens is 269 g/mol. The lowest BCUT2D eigenvalue weighted by Gasteiger charge is -2.26. The third kappa shape index (κ3) is 3.63. The molecule has 2 aliphatic rings. The molecule has 1 aromatic carbocycles. The SMILES string of the molecule is C=C(c1ccc(F)cc1)N1CC[C@H](O[C@@H]2CCCCO2)C1. The van der Waals surface area contributed by atoms with Crippen molar-refractivity contribution >= 4 is 5.70 Å². The van der Waals surface area contributed by atoms with Gasteiger partial charge in [0.05, 0.1) is 6.10 Å². The standard InChI is InChI=1S/C17H22FNO2/c1-13(14-5-7-15(18)8-6-14)19-10-9-16(12-19)21-17-4-2-3-11-20-17/h5-8,16-17H,1-4,9-12H2/t16-,17+/m0/s1. The Morgan fingerprint density at radius 3 is 2.76 bits per heavy atom. The monoisotopic (exact) mass is 291 g/mol. The number of rotatable bonds is 4. The molecule has 0 radical (unpaired) electrons. The molecule has 21 heavy (non-hydrogen) atoms. The van der Waals surface area contributed by atoms with Crippen LogP contribution in [0.4, 0.5) is 4.39 Å². The van der Waals surface area contributed by atoms with Crippen molar-refractivity contribution in [3.05, 3.63) is 42.2 Å². The highest BCUT2D eigenvalue weighted by molar-refractivity contribution is 5.62. The second kappa shape index (κ2) is 6.58. The number of hydrogen-bond acceptors (Lipinski definition) is 3. The van der Waals surface area contributed by atoms with Crippen molar-refractivity contribution in [3.63, 3.8) is 0 Å². The summed E-state index contributed by atoms with van der Waals surface area (Å²) in [5.41, 5.74) is 1.90. The summed E-state index contributed by atoms with van der Waals surface area (Å²) in [5, 5.41) is 0. The van der Waals surface area contributed by atoms with Crippen LogP contribution in [-0.4, -0.2) is 37.0 Å². The van der Waals surface area contributed by atoms with Gasteiger partial charge in [0.15, 0.2) is 6.29 Å². The van der Waals surface area contributed by atoms with E-state index in [-0.39, 0.29) is 18.2 Å². The van der Waals surface area contributed by atoms with Gasteiger partial charge in [0, 0.05) is 25.4 Å². The molecule has 3 nitrogen and oxygen atoms in total. The summed E-state index contributed by atoms with van der Waals surface area (Å²) in [6, 6.07) is 6.49. The second-order valence-electron chi connectivity index (χ2n) is 5.74. The van der Waals surface area contributed by atoms with Gasteiger partial charge < -0.3 is 14.4 Å². The fourth-order valence-corrected chi connectivity index (χ4v) is 2.94. The first-order chi connectivity index (χ1) is 10.2. The fraction of sp³-hybridized carbons (Fsp3) is 0.529. The Morgan fingerprint density at radius 1 is 1.24 bits per heavy atom. The molecule has 2 aliphatic heterocycles. The minimum Gasteiger partial charge on any atom is -0.369 e. The van der Waals surface area contributed by atoms with Gasteiger partial charge in [-0.3, -0.25) is 0 Å². The van der Waals surface area contributed by atoms with Crippen LogP contribution >= 0.6 is 0 Å². The molecule has 114 valence electrons. The smallest absolute Gasteiger partial charge is 0.158 e. The van der Waals surface area contributed by atoms with Crippen LogP contribution in [0.25, 0.3) is 5.70 Å². The maximum atomic E-state index is 13.0. The molecule has 0 N–H and O–H groups in total. The summed E-state index contributed by atoms with van der Waals surface area (Å²) in [7, 11) is 0. The van der Waals surface area contributed by atoms with Gasteiger partial charge >= 0.3 is 0 Å². The van der Waals surface area contributed by atoms with Crippen LogP contribution in [-0.2, 0) is 9.47 Å². The summed E-state index contributed by atoms with van der Waals surface area (Å²) >= 11 is 0. The van der Waals surface area contributed by atoms with E-state index in [9.17, 15) is 4.39 Å². The minimum atomic E-state index is -0.219. The van der Waals surface area contributed by atoms with Crippen LogP contribution in [0.15, 0.2) is 30.8 Å². The Hall–Kier alpha value is -1.39. The van der Waals surface area contributed by atoms with Crippen molar-refractivity contribution in [1.29, 1.82) is 0 Å². The van der Waals surface area contributed by atoms with Crippen LogP contribution in [0.1, 0.15) is 31.2 Å². The minimum absolute atomic E-state index is 0.0391. The molecule has 4 heteroatoms. The van der Waals surface area contributed by atoms with Crippen molar-refractivity contribution in [3.8, 4) is 0 Å². The van der Waals surface area contributed by atoms with E-state index in [0.29, 0.717) is 0 Å². The Bertz CT molecular complexity index is 482. The molecule has 2 atom stereocenters.